The maximum Gasteiger partial charge on any atom is 0.231 e. The Labute approximate surface area is 202 Å². The Morgan fingerprint density at radius 2 is 1.79 bits per heavy atom. The largest absolute Gasteiger partial charge is 0.390 e. The van der Waals surface area contributed by atoms with E-state index in [4.69, 9.17) is 11.6 Å². The van der Waals surface area contributed by atoms with Gasteiger partial charge in [-0.25, -0.2) is 9.97 Å². The molecule has 0 bridgehead atoms. The normalized spacial score (nSPS) is 16.2. The molecule has 1 fully saturated rings. The Balaban J connectivity index is 1.75. The van der Waals surface area contributed by atoms with E-state index >= 15 is 0 Å². The van der Waals surface area contributed by atoms with Crippen LogP contribution in [0.2, 0.25) is 5.02 Å². The number of carbonyl (C=O) groups excluding carboxylic acids is 1. The van der Waals surface area contributed by atoms with Crippen LogP contribution in [0.3, 0.4) is 0 Å². The Morgan fingerprint density at radius 1 is 1.12 bits per heavy atom. The first kappa shape index (κ1) is 25.4. The average Bonchev–Trinajstić information content (AvgIpc) is 2.84. The predicted octanol–water partition coefficient (Wildman–Crippen LogP) is 3.57. The Hall–Kier alpha value is -2.22. The van der Waals surface area contributed by atoms with E-state index in [2.05, 4.69) is 47.9 Å². The predicted molar refractivity (Wildman–Crippen MR) is 133 cm³/mol. The highest BCUT2D eigenvalue weighted by molar-refractivity contribution is 6.30. The van der Waals surface area contributed by atoms with Gasteiger partial charge < -0.3 is 20.2 Å². The number of benzene rings is 1. The molecule has 2 heterocycles. The van der Waals surface area contributed by atoms with Crippen LogP contribution < -0.4 is 10.2 Å². The molecule has 1 aromatic carbocycles. The molecule has 180 valence electrons. The van der Waals surface area contributed by atoms with Crippen LogP contribution in [0.15, 0.2) is 30.6 Å². The summed E-state index contributed by atoms with van der Waals surface area (Å²) in [5.41, 5.74) is 2.68. The molecule has 1 saturated heterocycles. The lowest BCUT2D eigenvalue weighted by Gasteiger charge is -2.38. The molecule has 7 nitrogen and oxygen atoms in total. The van der Waals surface area contributed by atoms with Gasteiger partial charge in [0, 0.05) is 49.4 Å². The van der Waals surface area contributed by atoms with Gasteiger partial charge in [-0.1, -0.05) is 51.4 Å². The molecule has 1 amide bonds. The highest BCUT2D eigenvalue weighted by Crippen LogP contribution is 2.31. The van der Waals surface area contributed by atoms with Gasteiger partial charge in [-0.2, -0.15) is 0 Å². The number of nitrogens with one attached hydrogen (secondary N) is 1. The fraction of sp³-hybridized carbons (Fsp3) is 0.560. The fourth-order valence-electron chi connectivity index (χ4n) is 4.26. The molecule has 0 spiro atoms. The van der Waals surface area contributed by atoms with Crippen LogP contribution >= 0.6 is 11.6 Å². The van der Waals surface area contributed by atoms with Gasteiger partial charge >= 0.3 is 0 Å². The van der Waals surface area contributed by atoms with Crippen LogP contribution in [0.1, 0.15) is 62.8 Å². The second kappa shape index (κ2) is 11.8. The van der Waals surface area contributed by atoms with Gasteiger partial charge in [0.15, 0.2) is 0 Å². The van der Waals surface area contributed by atoms with E-state index in [9.17, 15) is 9.90 Å². The number of halogens is 1. The van der Waals surface area contributed by atoms with Crippen molar-refractivity contribution in [3.8, 4) is 0 Å². The third-order valence-corrected chi connectivity index (χ3v) is 6.64. The zero-order valence-corrected chi connectivity index (χ0v) is 20.8. The number of hydrogen-bond donors (Lipinski definition) is 2. The molecule has 0 saturated carbocycles. The zero-order valence-electron chi connectivity index (χ0n) is 20.1. The zero-order chi connectivity index (χ0) is 24.0. The number of aromatic nitrogens is 2. The van der Waals surface area contributed by atoms with Gasteiger partial charge in [-0.3, -0.25) is 4.79 Å². The molecule has 1 aliphatic heterocycles. The monoisotopic (exact) mass is 473 g/mol. The molecule has 0 radical (unpaired) electrons. The summed E-state index contributed by atoms with van der Waals surface area (Å²) in [5.74, 6) is 1.00. The molecule has 2 atom stereocenters. The summed E-state index contributed by atoms with van der Waals surface area (Å²) in [6.07, 6.45) is 2.47. The van der Waals surface area contributed by atoms with E-state index in [-0.39, 0.29) is 24.3 Å². The number of carbonyl (C=O) groups is 1. The number of piperazine rings is 1. The second-order valence-corrected chi connectivity index (χ2v) is 9.44. The Morgan fingerprint density at radius 3 is 2.36 bits per heavy atom. The minimum atomic E-state index is -0.257. The quantitative estimate of drug-likeness (QED) is 0.579. The van der Waals surface area contributed by atoms with Crippen LogP contribution in [0, 0.1) is 0 Å². The standard InChI is InChI=1S/C25H36ClN5O2/c1-5-18(4)23-22(15-32)28-16-29-24(23)30-10-12-31(13-11-30)25(33)21(14-27-17(2)3)19-6-8-20(26)9-7-19/h6-9,16-18,21,27,32H,5,10-15H2,1-4H3/t18-,21-/m1/s1. The molecular formula is C25H36ClN5O2. The average molecular weight is 474 g/mol. The maximum atomic E-state index is 13.5. The summed E-state index contributed by atoms with van der Waals surface area (Å²) in [4.78, 5) is 26.6. The second-order valence-electron chi connectivity index (χ2n) is 9.00. The summed E-state index contributed by atoms with van der Waals surface area (Å²) in [5, 5.41) is 13.9. The van der Waals surface area contributed by atoms with Crippen LogP contribution in [0.4, 0.5) is 5.82 Å². The number of aliphatic hydroxyl groups excluding tert-OH is 1. The molecule has 33 heavy (non-hydrogen) atoms. The lowest BCUT2D eigenvalue weighted by atomic mass is 9.96. The van der Waals surface area contributed by atoms with E-state index in [1.165, 1.54) is 6.33 Å². The third-order valence-electron chi connectivity index (χ3n) is 6.39. The van der Waals surface area contributed by atoms with Crippen molar-refractivity contribution in [1.82, 2.24) is 20.2 Å². The summed E-state index contributed by atoms with van der Waals surface area (Å²) >= 11 is 6.07. The molecule has 3 rings (SSSR count). The lowest BCUT2D eigenvalue weighted by molar-refractivity contribution is -0.133. The summed E-state index contributed by atoms with van der Waals surface area (Å²) < 4.78 is 0. The van der Waals surface area contributed by atoms with Crippen LogP contribution in [0.25, 0.3) is 0 Å². The van der Waals surface area contributed by atoms with Gasteiger partial charge in [-0.05, 0) is 30.0 Å². The van der Waals surface area contributed by atoms with E-state index in [1.807, 2.05) is 29.2 Å². The van der Waals surface area contributed by atoms with Crippen LogP contribution in [0.5, 0.6) is 0 Å². The Kier molecular flexibility index (Phi) is 9.06. The molecule has 2 aromatic rings. The first-order chi connectivity index (χ1) is 15.8. The number of hydrogen-bond acceptors (Lipinski definition) is 6. The molecule has 0 unspecified atom stereocenters. The number of nitrogens with zero attached hydrogens (tertiary/aromatic N) is 4. The molecule has 2 N–H and O–H groups in total. The first-order valence-electron chi connectivity index (χ1n) is 11.8. The van der Waals surface area contributed by atoms with Crippen molar-refractivity contribution in [2.75, 3.05) is 37.6 Å². The van der Waals surface area contributed by atoms with Gasteiger partial charge in [0.2, 0.25) is 5.91 Å². The van der Waals surface area contributed by atoms with Gasteiger partial charge in [0.1, 0.15) is 12.1 Å². The summed E-state index contributed by atoms with van der Waals surface area (Å²) in [6, 6.07) is 7.86. The first-order valence-corrected chi connectivity index (χ1v) is 12.2. The van der Waals surface area contributed by atoms with E-state index in [0.717, 1.165) is 23.4 Å². The molecule has 1 aliphatic rings. The van der Waals surface area contributed by atoms with Crippen molar-refractivity contribution in [3.05, 3.63) is 52.4 Å². The molecular weight excluding hydrogens is 438 g/mol. The minimum Gasteiger partial charge on any atom is -0.390 e. The van der Waals surface area contributed by atoms with Crippen LogP contribution in [-0.2, 0) is 11.4 Å². The smallest absolute Gasteiger partial charge is 0.231 e. The number of aliphatic hydroxyl groups is 1. The summed E-state index contributed by atoms with van der Waals surface area (Å²) in [6.45, 7) is 11.6. The highest BCUT2D eigenvalue weighted by atomic mass is 35.5. The number of anilines is 1. The van der Waals surface area contributed by atoms with Gasteiger partial charge in [0.25, 0.3) is 0 Å². The SMILES string of the molecule is CC[C@@H](C)c1c(CO)ncnc1N1CCN(C(=O)[C@H](CNC(C)C)c2ccc(Cl)cc2)CC1. The topological polar surface area (TPSA) is 81.6 Å². The van der Waals surface area contributed by atoms with Crippen molar-refractivity contribution in [1.29, 1.82) is 0 Å². The van der Waals surface area contributed by atoms with Crippen molar-refractivity contribution < 1.29 is 9.90 Å². The van der Waals surface area contributed by atoms with E-state index in [0.29, 0.717) is 49.5 Å². The van der Waals surface area contributed by atoms with E-state index in [1.54, 1.807) is 0 Å². The van der Waals surface area contributed by atoms with Crippen molar-refractivity contribution in [2.45, 2.75) is 58.6 Å². The molecule has 0 aliphatic carbocycles. The van der Waals surface area contributed by atoms with Gasteiger partial charge in [-0.15, -0.1) is 0 Å². The van der Waals surface area contributed by atoms with Crippen molar-refractivity contribution in [2.24, 2.45) is 0 Å². The highest BCUT2D eigenvalue weighted by Gasteiger charge is 2.30. The van der Waals surface area contributed by atoms with Crippen molar-refractivity contribution in [3.63, 3.8) is 0 Å². The summed E-state index contributed by atoms with van der Waals surface area (Å²) in [7, 11) is 0. The maximum absolute atomic E-state index is 13.5. The fourth-order valence-corrected chi connectivity index (χ4v) is 4.39. The minimum absolute atomic E-state index is 0.0979. The Bertz CT molecular complexity index is 914. The van der Waals surface area contributed by atoms with Crippen molar-refractivity contribution >= 4 is 23.3 Å². The number of amides is 1. The molecule has 1 aromatic heterocycles. The van der Waals surface area contributed by atoms with Crippen LogP contribution in [-0.4, -0.2) is 64.6 Å². The molecule has 8 heteroatoms. The lowest BCUT2D eigenvalue weighted by Crippen LogP contribution is -2.51. The van der Waals surface area contributed by atoms with E-state index < -0.39 is 0 Å². The van der Waals surface area contributed by atoms with Gasteiger partial charge in [0.05, 0.1) is 18.2 Å². The number of rotatable bonds is 9. The third kappa shape index (κ3) is 6.22.